The van der Waals surface area contributed by atoms with E-state index in [-0.39, 0.29) is 35.1 Å². The first-order valence-electron chi connectivity index (χ1n) is 16.1. The third-order valence-electron chi connectivity index (χ3n) is 8.61. The number of primary amides is 1. The van der Waals surface area contributed by atoms with E-state index in [0.29, 0.717) is 63.3 Å². The van der Waals surface area contributed by atoms with Crippen LogP contribution in [-0.2, 0) is 21.3 Å². The highest BCUT2D eigenvalue weighted by molar-refractivity contribution is 7.89. The number of sulfonamides is 1. The molecule has 49 heavy (non-hydrogen) atoms. The number of carbonyl (C=O) groups is 2. The number of rotatable bonds is 12. The summed E-state index contributed by atoms with van der Waals surface area (Å²) in [5, 5.41) is 5.27. The van der Waals surface area contributed by atoms with Crippen molar-refractivity contribution < 1.29 is 36.3 Å². The SMILES string of the molecule is CCCCC1CC(NC(=O)Nc2cc(C(N)=O)c(F)cc2F)CCN1Cc1ccc(Oc2ccc(S(=O)(=O)N3CCOCC3)cc2)cc1.Cl. The van der Waals surface area contributed by atoms with E-state index in [1.165, 1.54) is 4.31 Å². The fraction of sp³-hybridized carbons (Fsp3) is 0.412. The molecule has 2 heterocycles. The number of ether oxygens (including phenoxy) is 2. The van der Waals surface area contributed by atoms with E-state index in [1.54, 1.807) is 24.3 Å². The molecule has 11 nitrogen and oxygen atoms in total. The molecule has 0 saturated carbocycles. The van der Waals surface area contributed by atoms with Crippen LogP contribution >= 0.6 is 12.4 Å². The average Bonchev–Trinajstić information content (AvgIpc) is 3.07. The molecule has 15 heteroatoms. The van der Waals surface area contributed by atoms with Gasteiger partial charge in [0.25, 0.3) is 5.91 Å². The smallest absolute Gasteiger partial charge is 0.319 e. The summed E-state index contributed by atoms with van der Waals surface area (Å²) >= 11 is 0. The number of unbranched alkanes of at least 4 members (excludes halogenated alkanes) is 1. The third-order valence-corrected chi connectivity index (χ3v) is 10.5. The Labute approximate surface area is 291 Å². The lowest BCUT2D eigenvalue weighted by Crippen LogP contribution is -2.50. The molecule has 0 spiro atoms. The molecule has 3 aromatic carbocycles. The van der Waals surface area contributed by atoms with Crippen LogP contribution in [-0.4, -0.2) is 74.5 Å². The molecular formula is C34H42ClF2N5O6S. The number of halogens is 3. The molecule has 2 saturated heterocycles. The van der Waals surface area contributed by atoms with Gasteiger partial charge in [-0.1, -0.05) is 31.9 Å². The van der Waals surface area contributed by atoms with Crippen LogP contribution in [0.5, 0.6) is 11.5 Å². The van der Waals surface area contributed by atoms with Crippen molar-refractivity contribution in [2.24, 2.45) is 5.73 Å². The fourth-order valence-corrected chi connectivity index (χ4v) is 7.41. The Morgan fingerprint density at radius 3 is 2.27 bits per heavy atom. The Morgan fingerprint density at radius 1 is 0.980 bits per heavy atom. The van der Waals surface area contributed by atoms with Gasteiger partial charge in [0.05, 0.1) is 29.4 Å². The molecule has 2 fully saturated rings. The molecule has 2 atom stereocenters. The average molecular weight is 722 g/mol. The molecule has 2 aliphatic heterocycles. The lowest BCUT2D eigenvalue weighted by molar-refractivity contribution is 0.0730. The van der Waals surface area contributed by atoms with E-state index in [0.717, 1.165) is 37.4 Å². The Hall–Kier alpha value is -3.82. The van der Waals surface area contributed by atoms with Crippen molar-refractivity contribution in [3.05, 3.63) is 83.4 Å². The highest BCUT2D eigenvalue weighted by atomic mass is 35.5. The Bertz CT molecular complexity index is 1690. The third kappa shape index (κ3) is 9.88. The van der Waals surface area contributed by atoms with Crippen molar-refractivity contribution >= 4 is 40.1 Å². The quantitative estimate of drug-likeness (QED) is 0.220. The van der Waals surface area contributed by atoms with E-state index < -0.39 is 39.2 Å². The zero-order valence-electron chi connectivity index (χ0n) is 27.2. The molecule has 0 radical (unpaired) electrons. The van der Waals surface area contributed by atoms with Crippen molar-refractivity contribution in [3.8, 4) is 11.5 Å². The number of urea groups is 1. The summed E-state index contributed by atoms with van der Waals surface area (Å²) in [4.78, 5) is 26.8. The van der Waals surface area contributed by atoms with Gasteiger partial charge < -0.3 is 25.8 Å². The summed E-state index contributed by atoms with van der Waals surface area (Å²) in [5.41, 5.74) is 5.41. The Morgan fingerprint density at radius 2 is 1.63 bits per heavy atom. The van der Waals surface area contributed by atoms with Crippen LogP contribution in [0.15, 0.2) is 65.6 Å². The Kier molecular flexibility index (Phi) is 13.3. The molecule has 3 amide bonds. The first-order valence-corrected chi connectivity index (χ1v) is 17.5. The number of nitrogens with one attached hydrogen (secondary N) is 2. The van der Waals surface area contributed by atoms with Crippen molar-refractivity contribution in [1.29, 1.82) is 0 Å². The number of nitrogens with zero attached hydrogens (tertiary/aromatic N) is 2. The maximum atomic E-state index is 14.3. The molecule has 0 aliphatic carbocycles. The minimum Gasteiger partial charge on any atom is -0.457 e. The largest absolute Gasteiger partial charge is 0.457 e. The van der Waals surface area contributed by atoms with Crippen LogP contribution in [0.4, 0.5) is 19.3 Å². The predicted octanol–water partition coefficient (Wildman–Crippen LogP) is 5.64. The normalized spacial score (nSPS) is 18.7. The number of hydrogen-bond donors (Lipinski definition) is 3. The number of benzene rings is 3. The highest BCUT2D eigenvalue weighted by Gasteiger charge is 2.30. The highest BCUT2D eigenvalue weighted by Crippen LogP contribution is 2.28. The van der Waals surface area contributed by atoms with Gasteiger partial charge in [-0.3, -0.25) is 9.69 Å². The van der Waals surface area contributed by atoms with E-state index >= 15 is 0 Å². The minimum atomic E-state index is -3.58. The number of morpholine rings is 1. The van der Waals surface area contributed by atoms with Crippen LogP contribution in [0, 0.1) is 11.6 Å². The lowest BCUT2D eigenvalue weighted by atomic mass is 9.93. The lowest BCUT2D eigenvalue weighted by Gasteiger charge is -2.40. The molecule has 0 bridgehead atoms. The molecule has 0 aromatic heterocycles. The van der Waals surface area contributed by atoms with E-state index in [2.05, 4.69) is 22.5 Å². The second-order valence-corrected chi connectivity index (χ2v) is 13.9. The Balaban J connectivity index is 0.00000541. The zero-order chi connectivity index (χ0) is 34.3. The molecule has 2 unspecified atom stereocenters. The van der Waals surface area contributed by atoms with E-state index in [9.17, 15) is 26.8 Å². The standard InChI is InChI=1S/C34H41F2N5O6S.ClH/c1-2-3-4-25-19-24(38-34(43)39-32-20-29(33(37)42)30(35)21-31(32)36)13-14-40(25)22-23-5-7-26(8-6-23)47-27-9-11-28(12-10-27)48(44,45)41-15-17-46-18-16-41;/h5-12,20-21,24-25H,2-4,13-19,22H2,1H3,(H2,37,42)(H2,38,39,43);1H. The molecule has 2 aliphatic rings. The van der Waals surface area contributed by atoms with Gasteiger partial charge >= 0.3 is 6.03 Å². The second-order valence-electron chi connectivity index (χ2n) is 12.0. The maximum absolute atomic E-state index is 14.3. The van der Waals surface area contributed by atoms with Gasteiger partial charge in [0.15, 0.2) is 0 Å². The topological polar surface area (TPSA) is 143 Å². The first kappa shape index (κ1) is 38.0. The van der Waals surface area contributed by atoms with Crippen molar-refractivity contribution in [1.82, 2.24) is 14.5 Å². The molecule has 266 valence electrons. The summed E-state index contributed by atoms with van der Waals surface area (Å²) in [5.74, 6) is -2.01. The van der Waals surface area contributed by atoms with Gasteiger partial charge in [0.2, 0.25) is 10.0 Å². The number of nitrogens with two attached hydrogens (primary N) is 1. The van der Waals surface area contributed by atoms with Gasteiger partial charge in [-0.2, -0.15) is 4.31 Å². The van der Waals surface area contributed by atoms with Gasteiger partial charge in [-0.05, 0) is 67.3 Å². The van der Waals surface area contributed by atoms with Crippen molar-refractivity contribution in [3.63, 3.8) is 0 Å². The number of anilines is 1. The summed E-state index contributed by atoms with van der Waals surface area (Å²) in [7, 11) is -3.58. The number of likely N-dealkylation sites (tertiary alicyclic amines) is 1. The van der Waals surface area contributed by atoms with Crippen LogP contribution in [0.3, 0.4) is 0 Å². The summed E-state index contributed by atoms with van der Waals surface area (Å²) in [6.07, 6.45) is 4.37. The number of amides is 3. The van der Waals surface area contributed by atoms with Crippen LogP contribution in [0.2, 0.25) is 0 Å². The molecule has 5 rings (SSSR count). The van der Waals surface area contributed by atoms with Crippen LogP contribution in [0.25, 0.3) is 0 Å². The maximum Gasteiger partial charge on any atom is 0.319 e. The minimum absolute atomic E-state index is 0. The van der Waals surface area contributed by atoms with Crippen molar-refractivity contribution in [2.45, 2.75) is 62.6 Å². The second kappa shape index (κ2) is 17.2. The van der Waals surface area contributed by atoms with Crippen LogP contribution < -0.4 is 21.1 Å². The van der Waals surface area contributed by atoms with Gasteiger partial charge in [-0.15, -0.1) is 12.4 Å². The van der Waals surface area contributed by atoms with Gasteiger partial charge in [0, 0.05) is 44.3 Å². The summed E-state index contributed by atoms with van der Waals surface area (Å²) in [6.45, 7) is 5.00. The van der Waals surface area contributed by atoms with E-state index in [1.807, 2.05) is 24.3 Å². The summed E-state index contributed by atoms with van der Waals surface area (Å²) < 4.78 is 66.5. The number of piperidine rings is 1. The van der Waals surface area contributed by atoms with E-state index in [4.69, 9.17) is 15.2 Å². The zero-order valence-corrected chi connectivity index (χ0v) is 28.8. The number of carbonyl (C=O) groups excluding carboxylic acids is 2. The molecular weight excluding hydrogens is 680 g/mol. The summed E-state index contributed by atoms with van der Waals surface area (Å²) in [6, 6.07) is 15.0. The first-order chi connectivity index (χ1) is 23.0. The molecule has 4 N–H and O–H groups in total. The fourth-order valence-electron chi connectivity index (χ4n) is 6.01. The van der Waals surface area contributed by atoms with Gasteiger partial charge in [0.1, 0.15) is 23.1 Å². The van der Waals surface area contributed by atoms with Crippen LogP contribution in [0.1, 0.15) is 54.9 Å². The monoisotopic (exact) mass is 721 g/mol. The predicted molar refractivity (Wildman–Crippen MR) is 184 cm³/mol. The van der Waals surface area contributed by atoms with Gasteiger partial charge in [-0.25, -0.2) is 22.0 Å². The molecule has 3 aromatic rings. The number of hydrogen-bond acceptors (Lipinski definition) is 7. The van der Waals surface area contributed by atoms with Crippen molar-refractivity contribution in [2.75, 3.05) is 38.2 Å².